The molecule has 0 radical (unpaired) electrons. The van der Waals surface area contributed by atoms with Crippen molar-refractivity contribution in [2.45, 2.75) is 20.8 Å². The number of nitrogens with zero attached hydrogens (tertiary/aromatic N) is 2. The van der Waals surface area contributed by atoms with Gasteiger partial charge in [-0.25, -0.2) is 0 Å². The van der Waals surface area contributed by atoms with E-state index in [0.29, 0.717) is 11.7 Å². The topological polar surface area (TPSA) is 63.3 Å². The van der Waals surface area contributed by atoms with E-state index in [1.54, 1.807) is 11.8 Å². The number of hydrogen-bond donors (Lipinski definition) is 2. The first-order chi connectivity index (χ1) is 11.0. The Balaban J connectivity index is 2.23. The van der Waals surface area contributed by atoms with Crippen molar-refractivity contribution in [2.24, 2.45) is 4.99 Å². The lowest BCUT2D eigenvalue weighted by Crippen LogP contribution is -2.35. The van der Waals surface area contributed by atoms with Gasteiger partial charge in [-0.3, -0.25) is 20.7 Å². The van der Waals surface area contributed by atoms with Crippen LogP contribution in [0.2, 0.25) is 0 Å². The van der Waals surface area contributed by atoms with Crippen molar-refractivity contribution < 1.29 is 0 Å². The third-order valence-corrected chi connectivity index (χ3v) is 3.97. The number of benzodiazepines with no additional fused rings is 1. The second kappa shape index (κ2) is 5.80. The minimum atomic E-state index is 0.271. The minimum absolute atomic E-state index is 0.271. The van der Waals surface area contributed by atoms with Crippen molar-refractivity contribution in [3.63, 3.8) is 0 Å². The molecule has 2 aromatic rings. The average molecular weight is 304 g/mol. The average Bonchev–Trinajstić information content (AvgIpc) is 2.64. The standard InChI is InChI=1S/C19H20N4/c1-12-4-7-15(8-5-12)19-16-10-13(2)6-9-17(16)23(14(3)20)18(21)11-22-19/h4-10,20-21H,11H2,1-3H3. The third kappa shape index (κ3) is 2.80. The summed E-state index contributed by atoms with van der Waals surface area (Å²) in [7, 11) is 0. The summed E-state index contributed by atoms with van der Waals surface area (Å²) in [5.74, 6) is 0.658. The van der Waals surface area contributed by atoms with Crippen LogP contribution in [0.3, 0.4) is 0 Å². The first kappa shape index (κ1) is 15.2. The Morgan fingerprint density at radius 2 is 1.70 bits per heavy atom. The van der Waals surface area contributed by atoms with Crippen molar-refractivity contribution in [1.82, 2.24) is 0 Å². The Kier molecular flexibility index (Phi) is 3.82. The van der Waals surface area contributed by atoms with E-state index in [1.807, 2.05) is 19.1 Å². The van der Waals surface area contributed by atoms with E-state index in [2.05, 4.69) is 42.2 Å². The van der Waals surface area contributed by atoms with E-state index in [9.17, 15) is 0 Å². The predicted octanol–water partition coefficient (Wildman–Crippen LogP) is 3.94. The van der Waals surface area contributed by atoms with E-state index in [1.165, 1.54) is 5.56 Å². The van der Waals surface area contributed by atoms with Crippen LogP contribution in [0.4, 0.5) is 5.69 Å². The maximum atomic E-state index is 8.27. The molecule has 0 fully saturated rings. The molecule has 2 aromatic carbocycles. The molecule has 0 amide bonds. The molecule has 116 valence electrons. The SMILES string of the molecule is CC(=N)N1C(=N)CN=C(c2ccc(C)cc2)c2cc(C)ccc21. The summed E-state index contributed by atoms with van der Waals surface area (Å²) in [6, 6.07) is 14.4. The van der Waals surface area contributed by atoms with E-state index in [-0.39, 0.29) is 6.54 Å². The monoisotopic (exact) mass is 304 g/mol. The zero-order valence-electron chi connectivity index (χ0n) is 13.6. The van der Waals surface area contributed by atoms with E-state index in [0.717, 1.165) is 28.1 Å². The van der Waals surface area contributed by atoms with E-state index in [4.69, 9.17) is 10.8 Å². The Labute approximate surface area is 136 Å². The molecule has 1 aliphatic heterocycles. The van der Waals surface area contributed by atoms with Crippen molar-refractivity contribution in [2.75, 3.05) is 11.4 Å². The Morgan fingerprint density at radius 1 is 1.04 bits per heavy atom. The molecular weight excluding hydrogens is 284 g/mol. The van der Waals surface area contributed by atoms with Gasteiger partial charge in [0.15, 0.2) is 0 Å². The van der Waals surface area contributed by atoms with Crippen molar-refractivity contribution in [1.29, 1.82) is 10.8 Å². The fraction of sp³-hybridized carbons (Fsp3) is 0.211. The number of anilines is 1. The Hall–Kier alpha value is -2.75. The second-order valence-electron chi connectivity index (χ2n) is 5.92. The molecule has 0 aliphatic carbocycles. The normalized spacial score (nSPS) is 14.1. The van der Waals surface area contributed by atoms with Crippen LogP contribution in [-0.2, 0) is 0 Å². The second-order valence-corrected chi connectivity index (χ2v) is 5.92. The van der Waals surface area contributed by atoms with Gasteiger partial charge in [0.05, 0.1) is 17.9 Å². The number of rotatable bonds is 1. The number of nitrogens with one attached hydrogen (secondary N) is 2. The van der Waals surface area contributed by atoms with Crippen LogP contribution in [0.15, 0.2) is 47.5 Å². The molecule has 3 rings (SSSR count). The molecule has 0 spiro atoms. The number of aryl methyl sites for hydroxylation is 2. The molecule has 4 heteroatoms. The molecule has 0 unspecified atom stereocenters. The largest absolute Gasteiger partial charge is 0.288 e. The van der Waals surface area contributed by atoms with Crippen LogP contribution in [0.25, 0.3) is 0 Å². The van der Waals surface area contributed by atoms with Gasteiger partial charge in [-0.2, -0.15) is 0 Å². The highest BCUT2D eigenvalue weighted by Crippen LogP contribution is 2.28. The van der Waals surface area contributed by atoms with Crippen LogP contribution in [0.5, 0.6) is 0 Å². The van der Waals surface area contributed by atoms with Gasteiger partial charge in [-0.15, -0.1) is 0 Å². The summed E-state index contributed by atoms with van der Waals surface area (Å²) in [6.45, 7) is 6.08. The maximum Gasteiger partial charge on any atom is 0.128 e. The van der Waals surface area contributed by atoms with Crippen LogP contribution < -0.4 is 4.90 Å². The van der Waals surface area contributed by atoms with Gasteiger partial charge in [0.1, 0.15) is 11.7 Å². The Morgan fingerprint density at radius 3 is 2.35 bits per heavy atom. The van der Waals surface area contributed by atoms with Crippen molar-refractivity contribution >= 4 is 23.1 Å². The van der Waals surface area contributed by atoms with Gasteiger partial charge < -0.3 is 0 Å². The summed E-state index contributed by atoms with van der Waals surface area (Å²) >= 11 is 0. The summed E-state index contributed by atoms with van der Waals surface area (Å²) in [4.78, 5) is 6.34. The molecule has 2 N–H and O–H groups in total. The number of hydrogen-bond acceptors (Lipinski definition) is 3. The fourth-order valence-corrected chi connectivity index (χ4v) is 2.83. The first-order valence-corrected chi connectivity index (χ1v) is 7.62. The van der Waals surface area contributed by atoms with Crippen LogP contribution in [0.1, 0.15) is 29.2 Å². The number of benzene rings is 2. The van der Waals surface area contributed by atoms with Gasteiger partial charge in [0.2, 0.25) is 0 Å². The summed E-state index contributed by atoms with van der Waals surface area (Å²) < 4.78 is 0. The molecule has 0 saturated carbocycles. The number of aliphatic imine (C=N–C) groups is 1. The predicted molar refractivity (Wildman–Crippen MR) is 96.5 cm³/mol. The Bertz CT molecular complexity index is 816. The molecule has 0 bridgehead atoms. The zero-order chi connectivity index (χ0) is 16.6. The first-order valence-electron chi connectivity index (χ1n) is 7.62. The van der Waals surface area contributed by atoms with Crippen LogP contribution >= 0.6 is 0 Å². The lowest BCUT2D eigenvalue weighted by Gasteiger charge is -2.24. The van der Waals surface area contributed by atoms with Gasteiger partial charge >= 0.3 is 0 Å². The lowest BCUT2D eigenvalue weighted by atomic mass is 9.97. The van der Waals surface area contributed by atoms with Crippen molar-refractivity contribution in [3.8, 4) is 0 Å². The molecule has 1 aliphatic rings. The van der Waals surface area contributed by atoms with Crippen LogP contribution in [-0.4, -0.2) is 23.9 Å². The smallest absolute Gasteiger partial charge is 0.128 e. The van der Waals surface area contributed by atoms with Gasteiger partial charge in [0, 0.05) is 11.1 Å². The molecule has 1 heterocycles. The summed E-state index contributed by atoms with van der Waals surface area (Å²) in [5.41, 5.74) is 6.10. The molecule has 0 saturated heterocycles. The summed E-state index contributed by atoms with van der Waals surface area (Å²) in [6.07, 6.45) is 0. The van der Waals surface area contributed by atoms with E-state index < -0.39 is 0 Å². The third-order valence-electron chi connectivity index (χ3n) is 3.97. The fourth-order valence-electron chi connectivity index (χ4n) is 2.83. The highest BCUT2D eigenvalue weighted by Gasteiger charge is 2.24. The zero-order valence-corrected chi connectivity index (χ0v) is 13.6. The summed E-state index contributed by atoms with van der Waals surface area (Å²) in [5, 5.41) is 16.3. The molecule has 4 nitrogen and oxygen atoms in total. The molecule has 0 aromatic heterocycles. The number of amidine groups is 2. The lowest BCUT2D eigenvalue weighted by molar-refractivity contribution is 1.20. The molecular formula is C19H20N4. The van der Waals surface area contributed by atoms with Crippen LogP contribution in [0, 0.1) is 24.7 Å². The van der Waals surface area contributed by atoms with Gasteiger partial charge in [-0.05, 0) is 32.9 Å². The van der Waals surface area contributed by atoms with E-state index >= 15 is 0 Å². The highest BCUT2D eigenvalue weighted by atomic mass is 15.2. The maximum absolute atomic E-state index is 8.27. The van der Waals surface area contributed by atoms with Crippen molar-refractivity contribution in [3.05, 3.63) is 64.7 Å². The molecule has 23 heavy (non-hydrogen) atoms. The highest BCUT2D eigenvalue weighted by molar-refractivity contribution is 6.25. The number of fused-ring (bicyclic) bond motifs is 1. The minimum Gasteiger partial charge on any atom is -0.288 e. The van der Waals surface area contributed by atoms with Gasteiger partial charge in [-0.1, -0.05) is 41.5 Å². The molecule has 0 atom stereocenters. The van der Waals surface area contributed by atoms with Gasteiger partial charge in [0.25, 0.3) is 0 Å². The quantitative estimate of drug-likeness (QED) is 0.608.